The van der Waals surface area contributed by atoms with Crippen LogP contribution in [-0.2, 0) is 12.0 Å². The van der Waals surface area contributed by atoms with Crippen molar-refractivity contribution in [2.45, 2.75) is 39.7 Å². The number of rotatable bonds is 4. The van der Waals surface area contributed by atoms with E-state index in [9.17, 15) is 0 Å². The molecule has 1 heterocycles. The maximum absolute atomic E-state index is 4.84. The number of imidazole rings is 1. The molecule has 134 valence electrons. The van der Waals surface area contributed by atoms with Gasteiger partial charge in [0, 0.05) is 22.8 Å². The molecule has 0 amide bonds. The Morgan fingerprint density at radius 2 is 1.62 bits per heavy atom. The summed E-state index contributed by atoms with van der Waals surface area (Å²) in [7, 11) is 0. The van der Waals surface area contributed by atoms with Crippen LogP contribution in [0.3, 0.4) is 0 Å². The number of benzene rings is 2. The summed E-state index contributed by atoms with van der Waals surface area (Å²) in [5, 5.41) is 0. The van der Waals surface area contributed by atoms with Crippen LogP contribution in [0.5, 0.6) is 0 Å². The van der Waals surface area contributed by atoms with Gasteiger partial charge in [0.15, 0.2) is 0 Å². The highest BCUT2D eigenvalue weighted by Crippen LogP contribution is 2.26. The molecule has 3 heteroatoms. The minimum absolute atomic E-state index is 0.167. The summed E-state index contributed by atoms with van der Waals surface area (Å²) < 4.78 is 3.27. The molecular weight excluding hydrogens is 384 g/mol. The van der Waals surface area contributed by atoms with E-state index in [0.717, 1.165) is 33.7 Å². The fraction of sp³-hybridized carbons (Fsp3) is 0.261. The van der Waals surface area contributed by atoms with E-state index in [1.54, 1.807) is 0 Å². The van der Waals surface area contributed by atoms with E-state index in [2.05, 4.69) is 103 Å². The fourth-order valence-corrected chi connectivity index (χ4v) is 3.11. The van der Waals surface area contributed by atoms with E-state index in [-0.39, 0.29) is 5.41 Å². The molecule has 0 saturated heterocycles. The molecular formula is C23H25BrN2. The second-order valence-electron chi connectivity index (χ2n) is 7.48. The number of aryl methyl sites for hydroxylation is 1. The SMILES string of the molecule is CCn1cc(-c2ccc(C(C)(C)C)cc2)nc1/C=C/c1ccc(Br)cc1. The molecule has 1 aromatic heterocycles. The number of nitrogens with zero attached hydrogens (tertiary/aromatic N) is 2. The van der Waals surface area contributed by atoms with Gasteiger partial charge in [0.25, 0.3) is 0 Å². The Balaban J connectivity index is 1.87. The van der Waals surface area contributed by atoms with Crippen molar-refractivity contribution >= 4 is 28.1 Å². The summed E-state index contributed by atoms with van der Waals surface area (Å²) in [4.78, 5) is 4.84. The standard InChI is InChI=1S/C23H25BrN2/c1-5-26-16-21(18-9-11-19(12-10-18)23(2,3)4)25-22(26)15-8-17-6-13-20(24)14-7-17/h6-16H,5H2,1-4H3/b15-8+. The van der Waals surface area contributed by atoms with Gasteiger partial charge in [-0.25, -0.2) is 4.98 Å². The van der Waals surface area contributed by atoms with Crippen molar-refractivity contribution in [2.24, 2.45) is 0 Å². The molecule has 3 rings (SSSR count). The average molecular weight is 409 g/mol. The lowest BCUT2D eigenvalue weighted by Gasteiger charge is -2.18. The Labute approximate surface area is 164 Å². The maximum Gasteiger partial charge on any atom is 0.133 e. The smallest absolute Gasteiger partial charge is 0.133 e. The first kappa shape index (κ1) is 18.7. The minimum atomic E-state index is 0.167. The zero-order valence-electron chi connectivity index (χ0n) is 15.8. The zero-order valence-corrected chi connectivity index (χ0v) is 17.4. The molecule has 2 nitrogen and oxygen atoms in total. The van der Waals surface area contributed by atoms with Crippen LogP contribution in [0.1, 0.15) is 44.6 Å². The Morgan fingerprint density at radius 3 is 2.19 bits per heavy atom. The summed E-state index contributed by atoms with van der Waals surface area (Å²) in [5.41, 5.74) is 4.84. The van der Waals surface area contributed by atoms with E-state index < -0.39 is 0 Å². The lowest BCUT2D eigenvalue weighted by molar-refractivity contribution is 0.590. The van der Waals surface area contributed by atoms with Gasteiger partial charge in [0.05, 0.1) is 5.69 Å². The Bertz CT molecular complexity index is 895. The molecule has 0 atom stereocenters. The van der Waals surface area contributed by atoms with Crippen LogP contribution in [0.4, 0.5) is 0 Å². The predicted molar refractivity (Wildman–Crippen MR) is 115 cm³/mol. The van der Waals surface area contributed by atoms with Gasteiger partial charge in [-0.15, -0.1) is 0 Å². The van der Waals surface area contributed by atoms with E-state index >= 15 is 0 Å². The quantitative estimate of drug-likeness (QED) is 0.463. The van der Waals surface area contributed by atoms with E-state index in [1.807, 2.05) is 12.1 Å². The topological polar surface area (TPSA) is 17.8 Å². The van der Waals surface area contributed by atoms with Crippen LogP contribution < -0.4 is 0 Å². The molecule has 0 fully saturated rings. The first-order valence-electron chi connectivity index (χ1n) is 8.98. The second kappa shape index (κ2) is 7.63. The molecule has 3 aromatic rings. The molecule has 0 aliphatic carbocycles. The highest BCUT2D eigenvalue weighted by atomic mass is 79.9. The third kappa shape index (κ3) is 4.34. The van der Waals surface area contributed by atoms with Gasteiger partial charge >= 0.3 is 0 Å². The molecule has 0 aliphatic heterocycles. The van der Waals surface area contributed by atoms with E-state index in [4.69, 9.17) is 4.98 Å². The number of hydrogen-bond acceptors (Lipinski definition) is 1. The minimum Gasteiger partial charge on any atom is -0.331 e. The monoisotopic (exact) mass is 408 g/mol. The Morgan fingerprint density at radius 1 is 0.962 bits per heavy atom. The largest absolute Gasteiger partial charge is 0.331 e. The highest BCUT2D eigenvalue weighted by Gasteiger charge is 2.14. The summed E-state index contributed by atoms with van der Waals surface area (Å²) in [6.07, 6.45) is 6.32. The molecule has 0 unspecified atom stereocenters. The molecule has 0 bridgehead atoms. The zero-order chi connectivity index (χ0) is 18.7. The van der Waals surface area contributed by atoms with Crippen LogP contribution in [0, 0.1) is 0 Å². The third-order valence-electron chi connectivity index (χ3n) is 4.49. The first-order valence-corrected chi connectivity index (χ1v) is 9.78. The van der Waals surface area contributed by atoms with Crippen LogP contribution in [0.25, 0.3) is 23.4 Å². The van der Waals surface area contributed by atoms with Gasteiger partial charge in [-0.1, -0.05) is 79.2 Å². The van der Waals surface area contributed by atoms with Gasteiger partial charge in [0.2, 0.25) is 0 Å². The van der Waals surface area contributed by atoms with Crippen LogP contribution in [-0.4, -0.2) is 9.55 Å². The number of hydrogen-bond donors (Lipinski definition) is 0. The van der Waals surface area contributed by atoms with Crippen LogP contribution in [0.2, 0.25) is 0 Å². The normalized spacial score (nSPS) is 12.0. The molecule has 26 heavy (non-hydrogen) atoms. The Hall–Kier alpha value is -2.13. The van der Waals surface area contributed by atoms with Gasteiger partial charge in [0.1, 0.15) is 5.82 Å². The summed E-state index contributed by atoms with van der Waals surface area (Å²) in [6.45, 7) is 9.74. The number of aromatic nitrogens is 2. The average Bonchev–Trinajstić information content (AvgIpc) is 3.04. The molecule has 2 aromatic carbocycles. The van der Waals surface area contributed by atoms with E-state index in [1.165, 1.54) is 5.56 Å². The predicted octanol–water partition coefficient (Wildman–Crippen LogP) is 6.80. The lowest BCUT2D eigenvalue weighted by atomic mass is 9.86. The molecule has 0 aliphatic rings. The van der Waals surface area contributed by atoms with Gasteiger partial charge in [-0.05, 0) is 41.7 Å². The molecule has 0 N–H and O–H groups in total. The van der Waals surface area contributed by atoms with Gasteiger partial charge in [-0.3, -0.25) is 0 Å². The van der Waals surface area contributed by atoms with Crippen molar-refractivity contribution < 1.29 is 0 Å². The van der Waals surface area contributed by atoms with Crippen molar-refractivity contribution in [1.29, 1.82) is 0 Å². The Kier molecular flexibility index (Phi) is 5.47. The van der Waals surface area contributed by atoms with Crippen LogP contribution in [0.15, 0.2) is 59.2 Å². The van der Waals surface area contributed by atoms with E-state index in [0.29, 0.717) is 0 Å². The van der Waals surface area contributed by atoms with Crippen molar-refractivity contribution in [3.8, 4) is 11.3 Å². The van der Waals surface area contributed by atoms with Crippen molar-refractivity contribution in [3.05, 3.63) is 76.2 Å². The first-order chi connectivity index (χ1) is 12.4. The summed E-state index contributed by atoms with van der Waals surface area (Å²) in [5.74, 6) is 0.977. The second-order valence-corrected chi connectivity index (χ2v) is 8.40. The van der Waals surface area contributed by atoms with Crippen molar-refractivity contribution in [2.75, 3.05) is 0 Å². The lowest BCUT2D eigenvalue weighted by Crippen LogP contribution is -2.10. The van der Waals surface area contributed by atoms with Crippen LogP contribution >= 0.6 is 15.9 Å². The third-order valence-corrected chi connectivity index (χ3v) is 5.02. The molecule has 0 saturated carbocycles. The fourth-order valence-electron chi connectivity index (χ4n) is 2.84. The van der Waals surface area contributed by atoms with Crippen molar-refractivity contribution in [3.63, 3.8) is 0 Å². The maximum atomic E-state index is 4.84. The number of halogens is 1. The summed E-state index contributed by atoms with van der Waals surface area (Å²) in [6, 6.07) is 17.0. The van der Waals surface area contributed by atoms with Gasteiger partial charge < -0.3 is 4.57 Å². The highest BCUT2D eigenvalue weighted by molar-refractivity contribution is 9.10. The van der Waals surface area contributed by atoms with Gasteiger partial charge in [-0.2, -0.15) is 0 Å². The molecule has 0 radical (unpaired) electrons. The molecule has 0 spiro atoms. The summed E-state index contributed by atoms with van der Waals surface area (Å²) >= 11 is 3.47. The van der Waals surface area contributed by atoms with Crippen molar-refractivity contribution in [1.82, 2.24) is 9.55 Å².